The van der Waals surface area contributed by atoms with Gasteiger partial charge in [0, 0.05) is 19.3 Å². The Balaban J connectivity index is 1.65. The third-order valence-electron chi connectivity index (χ3n) is 5.09. The van der Waals surface area contributed by atoms with Crippen LogP contribution in [0.3, 0.4) is 0 Å². The molecule has 1 heterocycles. The van der Waals surface area contributed by atoms with Gasteiger partial charge in [-0.2, -0.15) is 0 Å². The number of para-hydroxylation sites is 1. The summed E-state index contributed by atoms with van der Waals surface area (Å²) in [5.74, 6) is 0.175. The lowest BCUT2D eigenvalue weighted by atomic mass is 9.86. The monoisotopic (exact) mass is 342 g/mol. The summed E-state index contributed by atoms with van der Waals surface area (Å²) in [6.45, 7) is 0.637. The number of benzene rings is 3. The average molecular weight is 342 g/mol. The van der Waals surface area contributed by atoms with Crippen molar-refractivity contribution < 1.29 is 4.79 Å². The maximum atomic E-state index is 13.0. The van der Waals surface area contributed by atoms with E-state index in [0.29, 0.717) is 6.54 Å². The Bertz CT molecular complexity index is 864. The molecular weight excluding hydrogens is 320 g/mol. The Hall–Kier alpha value is -3.07. The van der Waals surface area contributed by atoms with Gasteiger partial charge in [0.15, 0.2) is 0 Å². The van der Waals surface area contributed by atoms with Crippen LogP contribution in [0.5, 0.6) is 0 Å². The number of carbonyl (C=O) groups is 1. The molecule has 0 spiro atoms. The lowest BCUT2D eigenvalue weighted by molar-refractivity contribution is -0.150. The highest BCUT2D eigenvalue weighted by Gasteiger charge is 2.50. The van der Waals surface area contributed by atoms with E-state index < -0.39 is 0 Å². The predicted molar refractivity (Wildman–Crippen MR) is 105 cm³/mol. The van der Waals surface area contributed by atoms with Gasteiger partial charge in [-0.25, -0.2) is 0 Å². The first kappa shape index (κ1) is 16.4. The number of amides is 1. The third-order valence-corrected chi connectivity index (χ3v) is 5.09. The highest BCUT2D eigenvalue weighted by molar-refractivity contribution is 5.93. The summed E-state index contributed by atoms with van der Waals surface area (Å²) in [7, 11) is 2.01. The molecule has 3 aromatic rings. The van der Waals surface area contributed by atoms with Crippen LogP contribution in [0.25, 0.3) is 0 Å². The summed E-state index contributed by atoms with van der Waals surface area (Å²) in [6, 6.07) is 30.5. The van der Waals surface area contributed by atoms with Gasteiger partial charge in [-0.15, -0.1) is 0 Å². The molecule has 0 saturated carbocycles. The van der Waals surface area contributed by atoms with Crippen molar-refractivity contribution in [2.24, 2.45) is 0 Å². The minimum atomic E-state index is -0.177. The van der Waals surface area contributed by atoms with Gasteiger partial charge < -0.3 is 9.80 Å². The van der Waals surface area contributed by atoms with E-state index in [4.69, 9.17) is 0 Å². The van der Waals surface area contributed by atoms with Crippen molar-refractivity contribution in [1.29, 1.82) is 0 Å². The highest BCUT2D eigenvalue weighted by Crippen LogP contribution is 2.40. The van der Waals surface area contributed by atoms with Gasteiger partial charge in [-0.05, 0) is 23.3 Å². The summed E-state index contributed by atoms with van der Waals surface area (Å²) >= 11 is 0. The maximum absolute atomic E-state index is 13.0. The van der Waals surface area contributed by atoms with Crippen molar-refractivity contribution in [1.82, 2.24) is 4.90 Å². The highest BCUT2D eigenvalue weighted by atomic mass is 16.2. The van der Waals surface area contributed by atoms with Crippen molar-refractivity contribution in [2.45, 2.75) is 18.6 Å². The van der Waals surface area contributed by atoms with Gasteiger partial charge in [0.05, 0.1) is 6.04 Å². The molecule has 0 N–H and O–H groups in total. The fourth-order valence-corrected chi connectivity index (χ4v) is 3.70. The molecule has 1 fully saturated rings. The second kappa shape index (κ2) is 7.04. The van der Waals surface area contributed by atoms with E-state index in [9.17, 15) is 4.79 Å². The molecule has 3 nitrogen and oxygen atoms in total. The number of nitrogens with zero attached hydrogens (tertiary/aromatic N) is 2. The Kier molecular flexibility index (Phi) is 4.44. The second-order valence-corrected chi connectivity index (χ2v) is 6.70. The topological polar surface area (TPSA) is 23.6 Å². The molecule has 3 heteroatoms. The molecule has 0 aliphatic carbocycles. The van der Waals surface area contributed by atoms with Crippen LogP contribution in [-0.2, 0) is 11.3 Å². The van der Waals surface area contributed by atoms with Gasteiger partial charge >= 0.3 is 0 Å². The van der Waals surface area contributed by atoms with Crippen molar-refractivity contribution in [3.8, 4) is 0 Å². The average Bonchev–Trinajstić information content (AvgIpc) is 2.71. The van der Waals surface area contributed by atoms with Crippen LogP contribution < -0.4 is 4.90 Å². The molecule has 0 aromatic heterocycles. The normalized spacial score (nSPS) is 19.1. The van der Waals surface area contributed by atoms with E-state index in [1.54, 1.807) is 0 Å². The quantitative estimate of drug-likeness (QED) is 0.646. The number of β-lactam (4-membered cyclic amide) rings is 1. The first-order valence-corrected chi connectivity index (χ1v) is 8.93. The molecule has 1 aliphatic rings. The largest absolute Gasteiger partial charge is 0.361 e. The van der Waals surface area contributed by atoms with Crippen molar-refractivity contribution in [3.63, 3.8) is 0 Å². The minimum absolute atomic E-state index is 0.0501. The SMILES string of the molecule is CN(c1ccccc1)[C@@H]1C(=O)N(Cc2ccccc2)[C@@H]1c1ccccc1. The van der Waals surface area contributed by atoms with Crippen LogP contribution in [0.1, 0.15) is 17.2 Å². The Morgan fingerprint density at radius 1 is 0.808 bits per heavy atom. The van der Waals surface area contributed by atoms with E-state index >= 15 is 0 Å². The van der Waals surface area contributed by atoms with Crippen molar-refractivity contribution >= 4 is 11.6 Å². The molecule has 1 amide bonds. The minimum Gasteiger partial charge on any atom is -0.361 e. The van der Waals surface area contributed by atoms with Gasteiger partial charge in [-0.1, -0.05) is 78.9 Å². The van der Waals surface area contributed by atoms with E-state index in [0.717, 1.165) is 11.3 Å². The molecule has 0 unspecified atom stereocenters. The molecule has 1 saturated heterocycles. The summed E-state index contributed by atoms with van der Waals surface area (Å²) in [6.07, 6.45) is 0. The third kappa shape index (κ3) is 2.97. The summed E-state index contributed by atoms with van der Waals surface area (Å²) < 4.78 is 0. The standard InChI is InChI=1S/C23H22N2O/c1-24(20-15-9-4-10-16-20)22-21(19-13-7-3-8-14-19)25(23(22)26)17-18-11-5-2-6-12-18/h2-16,21-22H,17H2,1H3/t21-,22+/m1/s1. The molecule has 1 aliphatic heterocycles. The zero-order chi connectivity index (χ0) is 17.9. The molecule has 0 radical (unpaired) electrons. The van der Waals surface area contributed by atoms with Crippen molar-refractivity contribution in [3.05, 3.63) is 102 Å². The number of hydrogen-bond donors (Lipinski definition) is 0. The summed E-state index contributed by atoms with van der Waals surface area (Å²) in [4.78, 5) is 17.1. The number of rotatable bonds is 5. The zero-order valence-electron chi connectivity index (χ0n) is 14.8. The van der Waals surface area contributed by atoms with Crippen molar-refractivity contribution in [2.75, 3.05) is 11.9 Å². The zero-order valence-corrected chi connectivity index (χ0v) is 14.8. The Morgan fingerprint density at radius 3 is 1.96 bits per heavy atom. The lowest BCUT2D eigenvalue weighted by Crippen LogP contribution is -2.64. The number of anilines is 1. The van der Waals surface area contributed by atoms with Crippen LogP contribution in [0, 0.1) is 0 Å². The molecule has 4 rings (SSSR count). The van der Waals surface area contributed by atoms with Gasteiger partial charge in [0.2, 0.25) is 5.91 Å². The molecule has 130 valence electrons. The first-order chi connectivity index (χ1) is 12.8. The van der Waals surface area contributed by atoms with Gasteiger partial charge in [-0.3, -0.25) is 4.79 Å². The summed E-state index contributed by atoms with van der Waals surface area (Å²) in [5, 5.41) is 0. The second-order valence-electron chi connectivity index (χ2n) is 6.70. The van der Waals surface area contributed by atoms with Gasteiger partial charge in [0.25, 0.3) is 0 Å². The summed E-state index contributed by atoms with van der Waals surface area (Å²) in [5.41, 5.74) is 3.39. The molecule has 3 aromatic carbocycles. The number of hydrogen-bond acceptors (Lipinski definition) is 2. The molecule has 2 atom stereocenters. The number of carbonyl (C=O) groups excluding carboxylic acids is 1. The van der Waals surface area contributed by atoms with Crippen LogP contribution in [0.4, 0.5) is 5.69 Å². The fourth-order valence-electron chi connectivity index (χ4n) is 3.70. The smallest absolute Gasteiger partial charge is 0.248 e. The number of likely N-dealkylation sites (N-methyl/N-ethyl adjacent to an activating group) is 1. The molecule has 0 bridgehead atoms. The van der Waals surface area contributed by atoms with E-state index in [-0.39, 0.29) is 18.0 Å². The molecular formula is C23H22N2O. The fraction of sp³-hybridized carbons (Fsp3) is 0.174. The van der Waals surface area contributed by atoms with E-state index in [1.165, 1.54) is 5.56 Å². The Labute approximate surface area is 154 Å². The van der Waals surface area contributed by atoms with Gasteiger partial charge in [0.1, 0.15) is 6.04 Å². The van der Waals surface area contributed by atoms with Crippen LogP contribution in [0.15, 0.2) is 91.0 Å². The van der Waals surface area contributed by atoms with E-state index in [1.807, 2.05) is 66.5 Å². The molecule has 26 heavy (non-hydrogen) atoms. The maximum Gasteiger partial charge on any atom is 0.248 e. The predicted octanol–water partition coefficient (Wildman–Crippen LogP) is 4.28. The van der Waals surface area contributed by atoms with Crippen LogP contribution in [0.2, 0.25) is 0 Å². The Morgan fingerprint density at radius 2 is 1.35 bits per heavy atom. The number of likely N-dealkylation sites (tertiary alicyclic amines) is 1. The van der Waals surface area contributed by atoms with E-state index in [2.05, 4.69) is 41.3 Å². The van der Waals surface area contributed by atoms with Crippen LogP contribution >= 0.6 is 0 Å². The van der Waals surface area contributed by atoms with Crippen LogP contribution in [-0.4, -0.2) is 23.9 Å². The first-order valence-electron chi connectivity index (χ1n) is 8.93. The lowest BCUT2D eigenvalue weighted by Gasteiger charge is -2.51.